The van der Waals surface area contributed by atoms with Crippen LogP contribution in [0.25, 0.3) is 0 Å². The molecule has 1 aromatic rings. The summed E-state index contributed by atoms with van der Waals surface area (Å²) in [5.41, 5.74) is 8.47. The highest BCUT2D eigenvalue weighted by molar-refractivity contribution is 5.60. The molecule has 0 saturated carbocycles. The Morgan fingerprint density at radius 2 is 1.88 bits per heavy atom. The van der Waals surface area contributed by atoms with E-state index in [2.05, 4.69) is 11.0 Å². The number of rotatable bonds is 2. The average Bonchev–Trinajstić information content (AvgIpc) is 2.66. The Kier molecular flexibility index (Phi) is 4.00. The van der Waals surface area contributed by atoms with Gasteiger partial charge in [-0.15, -0.1) is 0 Å². The van der Waals surface area contributed by atoms with Crippen LogP contribution < -0.4 is 10.6 Å². The zero-order valence-corrected chi connectivity index (χ0v) is 10.2. The predicted molar refractivity (Wildman–Crippen MR) is 69.7 cm³/mol. The van der Waals surface area contributed by atoms with E-state index in [4.69, 9.17) is 5.73 Å². The van der Waals surface area contributed by atoms with Gasteiger partial charge in [-0.05, 0) is 30.5 Å². The fourth-order valence-corrected chi connectivity index (χ4v) is 2.39. The molecule has 1 fully saturated rings. The third-order valence-corrected chi connectivity index (χ3v) is 3.36. The first kappa shape index (κ1) is 11.9. The number of benzene rings is 1. The summed E-state index contributed by atoms with van der Waals surface area (Å²) in [6.45, 7) is 2.63. The van der Waals surface area contributed by atoms with Gasteiger partial charge in [-0.1, -0.05) is 18.9 Å². The van der Waals surface area contributed by atoms with Gasteiger partial charge in [0.15, 0.2) is 0 Å². The molecule has 17 heavy (non-hydrogen) atoms. The van der Waals surface area contributed by atoms with Crippen LogP contribution in [0.1, 0.15) is 36.8 Å². The summed E-state index contributed by atoms with van der Waals surface area (Å²) >= 11 is 0. The number of hydrogen-bond acceptors (Lipinski definition) is 3. The van der Waals surface area contributed by atoms with Crippen LogP contribution in [0.4, 0.5) is 5.69 Å². The van der Waals surface area contributed by atoms with Crippen LogP contribution in [0.3, 0.4) is 0 Å². The van der Waals surface area contributed by atoms with E-state index in [1.54, 1.807) is 0 Å². The van der Waals surface area contributed by atoms with E-state index in [1.165, 1.54) is 25.7 Å². The first-order valence-corrected chi connectivity index (χ1v) is 6.33. The van der Waals surface area contributed by atoms with Gasteiger partial charge in [-0.3, -0.25) is 0 Å². The molecule has 0 unspecified atom stereocenters. The molecule has 1 heterocycles. The smallest absolute Gasteiger partial charge is 0.101 e. The van der Waals surface area contributed by atoms with Crippen molar-refractivity contribution < 1.29 is 0 Å². The molecule has 2 rings (SSSR count). The third kappa shape index (κ3) is 2.78. The number of anilines is 1. The van der Waals surface area contributed by atoms with E-state index in [0.29, 0.717) is 6.54 Å². The molecule has 90 valence electrons. The molecule has 1 saturated heterocycles. The van der Waals surface area contributed by atoms with Crippen molar-refractivity contribution in [3.05, 3.63) is 29.3 Å². The number of nitrogens with two attached hydrogens (primary N) is 1. The van der Waals surface area contributed by atoms with Crippen LogP contribution in [-0.4, -0.2) is 13.1 Å². The second-order valence-electron chi connectivity index (χ2n) is 4.57. The molecule has 0 aliphatic carbocycles. The summed E-state index contributed by atoms with van der Waals surface area (Å²) in [6, 6.07) is 8.28. The van der Waals surface area contributed by atoms with Crippen molar-refractivity contribution in [2.75, 3.05) is 18.0 Å². The van der Waals surface area contributed by atoms with Crippen molar-refractivity contribution in [3.63, 3.8) is 0 Å². The Balaban J connectivity index is 2.27. The predicted octanol–water partition coefficient (Wildman–Crippen LogP) is 2.40. The van der Waals surface area contributed by atoms with Crippen molar-refractivity contribution in [3.8, 4) is 6.07 Å². The molecule has 1 aliphatic rings. The molecule has 2 N–H and O–H groups in total. The van der Waals surface area contributed by atoms with Crippen molar-refractivity contribution >= 4 is 5.69 Å². The maximum absolute atomic E-state index is 9.22. The average molecular weight is 229 g/mol. The number of nitrogens with zero attached hydrogens (tertiary/aromatic N) is 2. The lowest BCUT2D eigenvalue weighted by atomic mass is 10.1. The maximum Gasteiger partial charge on any atom is 0.101 e. The van der Waals surface area contributed by atoms with Gasteiger partial charge in [0.25, 0.3) is 0 Å². The van der Waals surface area contributed by atoms with Crippen molar-refractivity contribution in [2.24, 2.45) is 5.73 Å². The first-order chi connectivity index (χ1) is 8.35. The lowest BCUT2D eigenvalue weighted by Gasteiger charge is -2.24. The topological polar surface area (TPSA) is 53.1 Å². The standard InChI is InChI=1S/C14H19N3/c15-10-12-5-6-14(13(9-12)11-16)17-7-3-1-2-4-8-17/h5-6,9H,1-4,7-8,10,15H2. The van der Waals surface area contributed by atoms with E-state index >= 15 is 0 Å². The Hall–Kier alpha value is -1.53. The quantitative estimate of drug-likeness (QED) is 0.847. The fraction of sp³-hybridized carbons (Fsp3) is 0.500. The first-order valence-electron chi connectivity index (χ1n) is 6.33. The van der Waals surface area contributed by atoms with Crippen LogP contribution in [0, 0.1) is 11.3 Å². The molecule has 0 radical (unpaired) electrons. The van der Waals surface area contributed by atoms with E-state index in [0.717, 1.165) is 29.9 Å². The molecule has 0 aromatic heterocycles. The summed E-state index contributed by atoms with van der Waals surface area (Å²) < 4.78 is 0. The zero-order chi connectivity index (χ0) is 12.1. The van der Waals surface area contributed by atoms with Gasteiger partial charge in [-0.25, -0.2) is 0 Å². The molecule has 0 bridgehead atoms. The molecule has 1 aromatic carbocycles. The highest BCUT2D eigenvalue weighted by Crippen LogP contribution is 2.24. The number of hydrogen-bond donors (Lipinski definition) is 1. The highest BCUT2D eigenvalue weighted by Gasteiger charge is 2.13. The summed E-state index contributed by atoms with van der Waals surface area (Å²) in [5, 5.41) is 9.22. The van der Waals surface area contributed by atoms with E-state index in [-0.39, 0.29) is 0 Å². The van der Waals surface area contributed by atoms with Crippen molar-refractivity contribution in [1.29, 1.82) is 5.26 Å². The third-order valence-electron chi connectivity index (χ3n) is 3.36. The number of nitriles is 1. The largest absolute Gasteiger partial charge is 0.370 e. The van der Waals surface area contributed by atoms with E-state index in [1.807, 2.05) is 18.2 Å². The van der Waals surface area contributed by atoms with E-state index < -0.39 is 0 Å². The Morgan fingerprint density at radius 1 is 1.18 bits per heavy atom. The zero-order valence-electron chi connectivity index (χ0n) is 10.2. The van der Waals surface area contributed by atoms with Gasteiger partial charge >= 0.3 is 0 Å². The van der Waals surface area contributed by atoms with Crippen LogP contribution in [0.5, 0.6) is 0 Å². The van der Waals surface area contributed by atoms with Crippen LogP contribution in [0.15, 0.2) is 18.2 Å². The highest BCUT2D eigenvalue weighted by atomic mass is 15.1. The van der Waals surface area contributed by atoms with Crippen molar-refractivity contribution in [2.45, 2.75) is 32.2 Å². The molecule has 1 aliphatic heterocycles. The minimum Gasteiger partial charge on any atom is -0.370 e. The molecule has 0 atom stereocenters. The normalized spacial score (nSPS) is 16.4. The van der Waals surface area contributed by atoms with Crippen molar-refractivity contribution in [1.82, 2.24) is 0 Å². The van der Waals surface area contributed by atoms with Crippen LogP contribution >= 0.6 is 0 Å². The molecular formula is C14H19N3. The van der Waals surface area contributed by atoms with Gasteiger partial charge in [0.05, 0.1) is 11.3 Å². The molecule has 3 heteroatoms. The lowest BCUT2D eigenvalue weighted by molar-refractivity contribution is 0.726. The summed E-state index contributed by atoms with van der Waals surface area (Å²) in [6.07, 6.45) is 5.06. The summed E-state index contributed by atoms with van der Waals surface area (Å²) in [5.74, 6) is 0. The summed E-state index contributed by atoms with van der Waals surface area (Å²) in [7, 11) is 0. The van der Waals surface area contributed by atoms with Gasteiger partial charge in [0.1, 0.15) is 6.07 Å². The molecule has 3 nitrogen and oxygen atoms in total. The van der Waals surface area contributed by atoms with Crippen LogP contribution in [-0.2, 0) is 6.54 Å². The maximum atomic E-state index is 9.22. The molecule has 0 spiro atoms. The Morgan fingerprint density at radius 3 is 2.47 bits per heavy atom. The van der Waals surface area contributed by atoms with Gasteiger partial charge in [0.2, 0.25) is 0 Å². The van der Waals surface area contributed by atoms with Gasteiger partial charge in [0, 0.05) is 19.6 Å². The second kappa shape index (κ2) is 5.70. The summed E-state index contributed by atoms with van der Waals surface area (Å²) in [4.78, 5) is 2.34. The molecular weight excluding hydrogens is 210 g/mol. The minimum absolute atomic E-state index is 0.495. The minimum atomic E-state index is 0.495. The fourth-order valence-electron chi connectivity index (χ4n) is 2.39. The van der Waals surface area contributed by atoms with Gasteiger partial charge in [-0.2, -0.15) is 5.26 Å². The second-order valence-corrected chi connectivity index (χ2v) is 4.57. The monoisotopic (exact) mass is 229 g/mol. The van der Waals surface area contributed by atoms with E-state index in [9.17, 15) is 5.26 Å². The lowest BCUT2D eigenvalue weighted by Crippen LogP contribution is -2.24. The molecule has 0 amide bonds. The van der Waals surface area contributed by atoms with Gasteiger partial charge < -0.3 is 10.6 Å². The SMILES string of the molecule is N#Cc1cc(CN)ccc1N1CCCCCC1. The Labute approximate surface area is 103 Å². The Bertz CT molecular complexity index is 412. The van der Waals surface area contributed by atoms with Crippen LogP contribution in [0.2, 0.25) is 0 Å².